The number of piperidine rings is 1. The number of ether oxygens (including phenoxy) is 2. The fourth-order valence-corrected chi connectivity index (χ4v) is 3.84. The molecule has 0 bridgehead atoms. The molecule has 9 nitrogen and oxygen atoms in total. The van der Waals surface area contributed by atoms with E-state index in [4.69, 9.17) is 20.6 Å². The molecule has 2 aromatic heterocycles. The molecule has 2 aliphatic rings. The fourth-order valence-electron chi connectivity index (χ4n) is 3.84. The van der Waals surface area contributed by atoms with Crippen LogP contribution in [0.2, 0.25) is 0 Å². The van der Waals surface area contributed by atoms with Crippen LogP contribution in [0.4, 0.5) is 0 Å². The van der Waals surface area contributed by atoms with E-state index in [9.17, 15) is 0 Å². The minimum Gasteiger partial charge on any atom is -0.401 e. The Labute approximate surface area is 157 Å². The van der Waals surface area contributed by atoms with Gasteiger partial charge >= 0.3 is 0 Å². The molecule has 4 N–H and O–H groups in total. The summed E-state index contributed by atoms with van der Waals surface area (Å²) in [6.45, 7) is 4.57. The van der Waals surface area contributed by atoms with Crippen LogP contribution in [-0.4, -0.2) is 57.5 Å². The molecule has 9 heteroatoms. The Hall–Kier alpha value is -2.49. The number of aryl methyl sites for hydroxylation is 1. The highest BCUT2D eigenvalue weighted by Gasteiger charge is 2.47. The summed E-state index contributed by atoms with van der Waals surface area (Å²) in [5.74, 6) is -0.604. The van der Waals surface area contributed by atoms with Gasteiger partial charge in [-0.25, -0.2) is 4.68 Å². The molecule has 0 aliphatic carbocycles. The third kappa shape index (κ3) is 3.18. The van der Waals surface area contributed by atoms with Crippen molar-refractivity contribution >= 4 is 5.84 Å². The number of rotatable bonds is 3. The lowest BCUT2D eigenvalue weighted by molar-refractivity contribution is -0.198. The summed E-state index contributed by atoms with van der Waals surface area (Å²) in [5, 5.41) is 20.4. The summed E-state index contributed by atoms with van der Waals surface area (Å²) < 4.78 is 15.1. The highest BCUT2D eigenvalue weighted by molar-refractivity contribution is 5.93. The molecule has 2 aliphatic heterocycles. The molecule has 2 aromatic rings. The molecule has 2 fully saturated rings. The van der Waals surface area contributed by atoms with Crippen molar-refractivity contribution in [1.82, 2.24) is 24.9 Å². The van der Waals surface area contributed by atoms with Crippen molar-refractivity contribution in [3.05, 3.63) is 36.1 Å². The van der Waals surface area contributed by atoms with Gasteiger partial charge in [0.05, 0.1) is 37.2 Å². The molecule has 144 valence electrons. The minimum absolute atomic E-state index is 0.136. The van der Waals surface area contributed by atoms with Gasteiger partial charge in [0.1, 0.15) is 5.84 Å². The van der Waals surface area contributed by atoms with Crippen LogP contribution < -0.4 is 11.1 Å². The van der Waals surface area contributed by atoms with Gasteiger partial charge in [-0.15, -0.1) is 0 Å². The van der Waals surface area contributed by atoms with Crippen LogP contribution in [-0.2, 0) is 16.5 Å². The van der Waals surface area contributed by atoms with Crippen molar-refractivity contribution in [2.75, 3.05) is 26.3 Å². The Morgan fingerprint density at radius 2 is 2.15 bits per heavy atom. The van der Waals surface area contributed by atoms with E-state index in [0.29, 0.717) is 25.5 Å². The SMILES string of the molecule is Cc1c(-c2cnn(C)c2)cnn1C(=N)C=C(N)C1CNCCC12OCCO2. The van der Waals surface area contributed by atoms with Crippen molar-refractivity contribution < 1.29 is 9.47 Å². The van der Waals surface area contributed by atoms with Crippen LogP contribution in [0.3, 0.4) is 0 Å². The van der Waals surface area contributed by atoms with Crippen LogP contribution in [0.1, 0.15) is 12.1 Å². The first kappa shape index (κ1) is 17.9. The third-order valence-electron chi connectivity index (χ3n) is 5.27. The van der Waals surface area contributed by atoms with Gasteiger partial charge < -0.3 is 20.5 Å². The van der Waals surface area contributed by atoms with Gasteiger partial charge in [0.15, 0.2) is 5.79 Å². The molecular weight excluding hydrogens is 346 g/mol. The summed E-state index contributed by atoms with van der Waals surface area (Å²) in [6, 6.07) is 0. The zero-order chi connectivity index (χ0) is 19.0. The summed E-state index contributed by atoms with van der Waals surface area (Å²) in [4.78, 5) is 0. The lowest BCUT2D eigenvalue weighted by atomic mass is 9.88. The van der Waals surface area contributed by atoms with Gasteiger partial charge in [-0.1, -0.05) is 0 Å². The van der Waals surface area contributed by atoms with E-state index in [1.807, 2.05) is 20.2 Å². The molecule has 27 heavy (non-hydrogen) atoms. The Morgan fingerprint density at radius 3 is 2.85 bits per heavy atom. The highest BCUT2D eigenvalue weighted by atomic mass is 16.7. The molecule has 0 saturated carbocycles. The summed E-state index contributed by atoms with van der Waals surface area (Å²) >= 11 is 0. The van der Waals surface area contributed by atoms with Crippen molar-refractivity contribution in [3.8, 4) is 11.1 Å². The number of hydrogen-bond acceptors (Lipinski definition) is 7. The van der Waals surface area contributed by atoms with Crippen molar-refractivity contribution in [1.29, 1.82) is 5.41 Å². The van der Waals surface area contributed by atoms with Crippen molar-refractivity contribution in [2.45, 2.75) is 19.1 Å². The van der Waals surface area contributed by atoms with Crippen LogP contribution in [0, 0.1) is 18.3 Å². The molecule has 1 spiro atoms. The number of hydrogen-bond donors (Lipinski definition) is 3. The fraction of sp³-hybridized carbons (Fsp3) is 0.500. The number of nitrogens with one attached hydrogen (secondary N) is 2. The largest absolute Gasteiger partial charge is 0.401 e. The second kappa shape index (κ2) is 6.91. The zero-order valence-electron chi connectivity index (χ0n) is 15.6. The van der Waals surface area contributed by atoms with Gasteiger partial charge in [0.25, 0.3) is 0 Å². The first-order chi connectivity index (χ1) is 13.0. The van der Waals surface area contributed by atoms with E-state index in [0.717, 1.165) is 29.8 Å². The van der Waals surface area contributed by atoms with Crippen LogP contribution in [0.15, 0.2) is 30.4 Å². The standard InChI is InChI=1S/C18H25N7O2/c1-12-14(13-8-22-24(2)11-13)9-23-25(12)17(20)7-16(19)15-10-21-4-3-18(15)26-5-6-27-18/h7-9,11,15,20-21H,3-6,10,19H2,1-2H3. The van der Waals surface area contributed by atoms with Crippen molar-refractivity contribution in [3.63, 3.8) is 0 Å². The average Bonchev–Trinajstić information content (AvgIpc) is 3.36. The Bertz CT molecular complexity index is 876. The maximum Gasteiger partial charge on any atom is 0.179 e. The van der Waals surface area contributed by atoms with E-state index in [1.165, 1.54) is 0 Å². The smallest absolute Gasteiger partial charge is 0.179 e. The molecule has 1 atom stereocenters. The van der Waals surface area contributed by atoms with Gasteiger partial charge in [-0.05, 0) is 6.92 Å². The first-order valence-electron chi connectivity index (χ1n) is 9.08. The number of allylic oxidation sites excluding steroid dienone is 1. The molecule has 4 rings (SSSR count). The van der Waals surface area contributed by atoms with E-state index in [2.05, 4.69) is 15.5 Å². The van der Waals surface area contributed by atoms with Gasteiger partial charge in [-0.2, -0.15) is 10.2 Å². The molecular formula is C18H25N7O2. The highest BCUT2D eigenvalue weighted by Crippen LogP contribution is 2.36. The Balaban J connectivity index is 1.58. The summed E-state index contributed by atoms with van der Waals surface area (Å²) in [7, 11) is 1.87. The third-order valence-corrected chi connectivity index (χ3v) is 5.27. The summed E-state index contributed by atoms with van der Waals surface area (Å²) in [6.07, 6.45) is 7.85. The normalized spacial score (nSPS) is 22.4. The molecule has 0 aromatic carbocycles. The maximum absolute atomic E-state index is 8.48. The second-order valence-corrected chi connectivity index (χ2v) is 7.00. The van der Waals surface area contributed by atoms with Crippen LogP contribution in [0.5, 0.6) is 0 Å². The van der Waals surface area contributed by atoms with Gasteiger partial charge in [0, 0.05) is 55.7 Å². The topological polar surface area (TPSA) is 116 Å². The predicted octanol–water partition coefficient (Wildman–Crippen LogP) is 0.613. The first-order valence-corrected chi connectivity index (χ1v) is 9.08. The van der Waals surface area contributed by atoms with Crippen molar-refractivity contribution in [2.24, 2.45) is 18.7 Å². The molecule has 0 amide bonds. The number of nitrogens with two attached hydrogens (primary N) is 1. The quantitative estimate of drug-likeness (QED) is 0.538. The van der Waals surface area contributed by atoms with Gasteiger partial charge in [-0.3, -0.25) is 10.1 Å². The van der Waals surface area contributed by atoms with Crippen LogP contribution in [0.25, 0.3) is 11.1 Å². The lowest BCUT2D eigenvalue weighted by Crippen LogP contribution is -2.53. The molecule has 0 radical (unpaired) electrons. The predicted molar refractivity (Wildman–Crippen MR) is 100 cm³/mol. The molecule has 2 saturated heterocycles. The molecule has 4 heterocycles. The van der Waals surface area contributed by atoms with E-state index >= 15 is 0 Å². The molecule has 1 unspecified atom stereocenters. The van der Waals surface area contributed by atoms with Gasteiger partial charge in [0.2, 0.25) is 0 Å². The minimum atomic E-state index is -0.674. The Kier molecular flexibility index (Phi) is 4.58. The number of nitrogens with zero attached hydrogens (tertiary/aromatic N) is 4. The Morgan fingerprint density at radius 1 is 1.37 bits per heavy atom. The van der Waals surface area contributed by atoms with E-state index in [-0.39, 0.29) is 11.8 Å². The van der Waals surface area contributed by atoms with Crippen LogP contribution >= 0.6 is 0 Å². The lowest BCUT2D eigenvalue weighted by Gasteiger charge is -2.39. The number of aromatic nitrogens is 4. The van der Waals surface area contributed by atoms with E-state index in [1.54, 1.807) is 27.8 Å². The average molecular weight is 371 g/mol. The monoisotopic (exact) mass is 371 g/mol. The zero-order valence-corrected chi connectivity index (χ0v) is 15.6. The second-order valence-electron chi connectivity index (χ2n) is 7.00. The van der Waals surface area contributed by atoms with E-state index < -0.39 is 5.79 Å². The summed E-state index contributed by atoms with van der Waals surface area (Å²) in [5.41, 5.74) is 9.71. The maximum atomic E-state index is 8.48.